The van der Waals surface area contributed by atoms with Crippen LogP contribution in [0.4, 0.5) is 39.5 Å². The molecule has 0 aliphatic heterocycles. The van der Waals surface area contributed by atoms with Crippen molar-refractivity contribution in [1.82, 2.24) is 0 Å². The Labute approximate surface area is 254 Å². The minimum absolute atomic E-state index is 0. The van der Waals surface area contributed by atoms with Crippen LogP contribution in [0.2, 0.25) is 0 Å². The van der Waals surface area contributed by atoms with Gasteiger partial charge >= 0.3 is 18.5 Å². The monoisotopic (exact) mass is 727 g/mol. The van der Waals surface area contributed by atoms with Crippen LogP contribution in [0.3, 0.4) is 0 Å². The molecule has 1 radical (unpaired) electrons. The van der Waals surface area contributed by atoms with Crippen LogP contribution < -0.4 is 0 Å². The Hall–Kier alpha value is -1.81. The van der Waals surface area contributed by atoms with Gasteiger partial charge in [-0.15, -0.1) is 0 Å². The topological polar surface area (TPSA) is 112 Å². The van der Waals surface area contributed by atoms with Gasteiger partial charge in [0.2, 0.25) is 17.3 Å². The first kappa shape index (κ1) is 45.2. The van der Waals surface area contributed by atoms with Crippen LogP contribution in [-0.2, 0) is 14.4 Å². The van der Waals surface area contributed by atoms with E-state index in [1.54, 1.807) is 0 Å². The first-order valence-corrected chi connectivity index (χ1v) is 10.7. The number of aliphatic hydroxyl groups excluding tert-OH is 3. The van der Waals surface area contributed by atoms with Crippen molar-refractivity contribution in [1.29, 1.82) is 0 Å². The van der Waals surface area contributed by atoms with Gasteiger partial charge in [0.15, 0.2) is 17.3 Å². The molecular weight excluding hydrogens is 694 g/mol. The number of allylic oxidation sites excluding steroid dienone is 6. The van der Waals surface area contributed by atoms with Gasteiger partial charge in [-0.25, -0.2) is 0 Å². The van der Waals surface area contributed by atoms with Gasteiger partial charge in [-0.2, -0.15) is 39.5 Å². The molecule has 0 fully saturated rings. The molecule has 0 aromatic carbocycles. The zero-order valence-corrected chi connectivity index (χ0v) is 26.9. The molecule has 231 valence electrons. The molecule has 0 rings (SSSR count). The predicted octanol–water partition coefficient (Wildman–Crippen LogP) is 7.82. The summed E-state index contributed by atoms with van der Waals surface area (Å²) in [6, 6.07) is 0. The number of carbonyl (C=O) groups is 3. The summed E-state index contributed by atoms with van der Waals surface area (Å²) in [6.45, 7) is 13.2. The standard InChI is InChI=1S/3C8H11F3O2.La/c3*1-7(2,3)5(12)4-6(13)8(9,10)11;/h3*4,13H,1-3H3;/b3*6-4-;. The molecule has 40 heavy (non-hydrogen) atoms. The van der Waals surface area contributed by atoms with Crippen molar-refractivity contribution in [3.8, 4) is 0 Å². The van der Waals surface area contributed by atoms with E-state index in [0.29, 0.717) is 0 Å². The van der Waals surface area contributed by atoms with E-state index in [1.807, 2.05) is 0 Å². The Balaban J connectivity index is -0.000000240. The molecule has 0 atom stereocenters. The molecule has 0 bridgehead atoms. The summed E-state index contributed by atoms with van der Waals surface area (Å²) in [7, 11) is 0. The van der Waals surface area contributed by atoms with Crippen molar-refractivity contribution in [2.24, 2.45) is 16.2 Å². The SMILES string of the molecule is CC(C)(C)C(=O)/C=C(\O)C(F)(F)F.CC(C)(C)C(=O)/C=C(\O)C(F)(F)F.CC(C)(C)C(=O)/C=C(\O)C(F)(F)F.[La]. The van der Waals surface area contributed by atoms with Crippen molar-refractivity contribution < 1.29 is 105 Å². The van der Waals surface area contributed by atoms with Gasteiger partial charge in [0, 0.05) is 70.1 Å². The van der Waals surface area contributed by atoms with E-state index < -0.39 is 69.4 Å². The molecule has 0 aromatic rings. The summed E-state index contributed by atoms with van der Waals surface area (Å²) in [5.74, 6) is -7.85. The summed E-state index contributed by atoms with van der Waals surface area (Å²) in [4.78, 5) is 33.0. The quantitative estimate of drug-likeness (QED) is 0.155. The molecule has 16 heteroatoms. The van der Waals surface area contributed by atoms with Crippen LogP contribution in [0, 0.1) is 51.8 Å². The Morgan fingerprint density at radius 1 is 0.425 bits per heavy atom. The average molecular weight is 727 g/mol. The number of carbonyl (C=O) groups excluding carboxylic acids is 3. The zero-order valence-electron chi connectivity index (χ0n) is 23.3. The normalized spacial score (nSPS) is 14.1. The third-order valence-electron chi connectivity index (χ3n) is 3.89. The molecule has 0 saturated heterocycles. The fourth-order valence-electron chi connectivity index (χ4n) is 1.27. The van der Waals surface area contributed by atoms with Crippen LogP contribution in [0.1, 0.15) is 62.3 Å². The van der Waals surface area contributed by atoms with Gasteiger partial charge in [0.1, 0.15) is 0 Å². The van der Waals surface area contributed by atoms with Crippen molar-refractivity contribution in [2.45, 2.75) is 80.8 Å². The molecule has 0 saturated carbocycles. The van der Waals surface area contributed by atoms with E-state index in [2.05, 4.69) is 0 Å². The minimum Gasteiger partial charge on any atom is -0.504 e. The van der Waals surface area contributed by atoms with Crippen LogP contribution in [0.5, 0.6) is 0 Å². The Kier molecular flexibility index (Phi) is 18.1. The first-order chi connectivity index (χ1) is 16.6. The van der Waals surface area contributed by atoms with Crippen molar-refractivity contribution >= 4 is 17.3 Å². The van der Waals surface area contributed by atoms with E-state index in [0.717, 1.165) is 0 Å². The summed E-state index contributed by atoms with van der Waals surface area (Å²) < 4.78 is 106. The molecular formula is C24H33F9LaO6. The fraction of sp³-hybridized carbons (Fsp3) is 0.625. The fourth-order valence-corrected chi connectivity index (χ4v) is 1.27. The molecule has 0 aliphatic rings. The third kappa shape index (κ3) is 21.0. The number of aliphatic hydroxyl groups is 3. The van der Waals surface area contributed by atoms with Gasteiger partial charge < -0.3 is 15.3 Å². The number of hydrogen-bond acceptors (Lipinski definition) is 6. The molecule has 0 aliphatic carbocycles. The maximum Gasteiger partial charge on any atom is 0.448 e. The molecule has 0 unspecified atom stereocenters. The summed E-state index contributed by atoms with van der Waals surface area (Å²) in [5, 5.41) is 25.3. The van der Waals surface area contributed by atoms with Gasteiger partial charge in [-0.3, -0.25) is 14.4 Å². The van der Waals surface area contributed by atoms with E-state index in [9.17, 15) is 53.9 Å². The molecule has 0 heterocycles. The third-order valence-corrected chi connectivity index (χ3v) is 3.89. The van der Waals surface area contributed by atoms with Crippen LogP contribution >= 0.6 is 0 Å². The van der Waals surface area contributed by atoms with Gasteiger partial charge in [-0.1, -0.05) is 62.3 Å². The van der Waals surface area contributed by atoms with Crippen LogP contribution in [0.25, 0.3) is 0 Å². The van der Waals surface area contributed by atoms with E-state index in [1.165, 1.54) is 62.3 Å². The summed E-state index contributed by atoms with van der Waals surface area (Å²) >= 11 is 0. The second kappa shape index (κ2) is 16.0. The number of hydrogen-bond donors (Lipinski definition) is 3. The Morgan fingerprint density at radius 3 is 0.625 bits per heavy atom. The van der Waals surface area contributed by atoms with Gasteiger partial charge in [0.05, 0.1) is 0 Å². The molecule has 3 N–H and O–H groups in total. The zero-order chi connectivity index (χ0) is 32.6. The number of rotatable bonds is 3. The summed E-state index contributed by atoms with van der Waals surface area (Å²) in [5.41, 5.74) is -2.75. The number of alkyl halides is 9. The maximum atomic E-state index is 11.7. The van der Waals surface area contributed by atoms with Crippen LogP contribution in [-0.4, -0.2) is 51.2 Å². The molecule has 0 aromatic heterocycles. The Morgan fingerprint density at radius 2 is 0.550 bits per heavy atom. The Bertz CT molecular complexity index is 829. The van der Waals surface area contributed by atoms with Crippen molar-refractivity contribution in [2.75, 3.05) is 0 Å². The predicted molar refractivity (Wildman–Crippen MR) is 124 cm³/mol. The molecule has 0 spiro atoms. The van der Waals surface area contributed by atoms with Crippen LogP contribution in [0.15, 0.2) is 35.5 Å². The average Bonchev–Trinajstić information content (AvgIpc) is 2.64. The smallest absolute Gasteiger partial charge is 0.448 e. The van der Waals surface area contributed by atoms with E-state index >= 15 is 0 Å². The number of halogens is 9. The second-order valence-electron chi connectivity index (χ2n) is 10.9. The first-order valence-electron chi connectivity index (χ1n) is 10.7. The summed E-state index contributed by atoms with van der Waals surface area (Å²) in [6.07, 6.45) is -13.9. The van der Waals surface area contributed by atoms with Gasteiger partial charge in [-0.05, 0) is 0 Å². The van der Waals surface area contributed by atoms with Crippen molar-refractivity contribution in [3.63, 3.8) is 0 Å². The van der Waals surface area contributed by atoms with Crippen molar-refractivity contribution in [3.05, 3.63) is 35.5 Å². The van der Waals surface area contributed by atoms with E-state index in [-0.39, 0.29) is 53.8 Å². The second-order valence-corrected chi connectivity index (χ2v) is 10.9. The molecule has 6 nitrogen and oxygen atoms in total. The minimum atomic E-state index is -4.85. The largest absolute Gasteiger partial charge is 0.504 e. The van der Waals surface area contributed by atoms with E-state index in [4.69, 9.17) is 15.3 Å². The molecule has 0 amide bonds. The number of ketones is 3. The maximum absolute atomic E-state index is 11.7. The van der Waals surface area contributed by atoms with Gasteiger partial charge in [0.25, 0.3) is 0 Å².